The standard InChI is InChI=1S/C19H22N6O11S2/c1-6(26)34-2-7-4-37-15-11(13(28)25(15)14(7)36-19(32)33)23-12(27)10(9-5-38-17(21)22-9)24-18(31)35-3-8(20)16(29)30/h5,8,10-11,15H,2-4,20H2,1H3,(H2,21,22)(H,23,27)(H,24,31)(H,29,30)(H,32,33)/t8-,10-,11-,15+/m1/s1. The Kier molecular flexibility index (Phi) is 8.96. The van der Waals surface area contributed by atoms with Gasteiger partial charge >= 0.3 is 24.2 Å². The summed E-state index contributed by atoms with van der Waals surface area (Å²) in [5.74, 6) is -3.84. The van der Waals surface area contributed by atoms with Crippen LogP contribution in [-0.2, 0) is 33.4 Å². The second kappa shape index (κ2) is 12.0. The van der Waals surface area contributed by atoms with Crippen molar-refractivity contribution in [2.45, 2.75) is 30.4 Å². The lowest BCUT2D eigenvalue weighted by Crippen LogP contribution is -2.70. The van der Waals surface area contributed by atoms with Crippen LogP contribution in [-0.4, -0.2) is 92.5 Å². The number of esters is 1. The molecule has 3 heterocycles. The molecule has 0 bridgehead atoms. The van der Waals surface area contributed by atoms with Gasteiger partial charge in [-0.15, -0.1) is 23.1 Å². The Hall–Kier alpha value is -4.10. The highest BCUT2D eigenvalue weighted by molar-refractivity contribution is 8.00. The number of nitrogens with two attached hydrogens (primary N) is 2. The number of thioether (sulfide) groups is 1. The number of hydrogen-bond donors (Lipinski definition) is 6. The van der Waals surface area contributed by atoms with Gasteiger partial charge in [0.1, 0.15) is 30.7 Å². The fraction of sp³-hybridized carbons (Fsp3) is 0.421. The summed E-state index contributed by atoms with van der Waals surface area (Å²) in [6, 6.07) is -4.13. The van der Waals surface area contributed by atoms with Crippen LogP contribution in [0.15, 0.2) is 16.8 Å². The molecule has 0 aliphatic carbocycles. The fourth-order valence-electron chi connectivity index (χ4n) is 3.24. The molecule has 2 aliphatic rings. The number of aromatic nitrogens is 1. The van der Waals surface area contributed by atoms with Crippen molar-refractivity contribution in [1.82, 2.24) is 20.5 Å². The number of amides is 3. The smallest absolute Gasteiger partial charge is 0.480 e. The van der Waals surface area contributed by atoms with Crippen molar-refractivity contribution < 1.29 is 53.2 Å². The van der Waals surface area contributed by atoms with Crippen LogP contribution in [0.25, 0.3) is 0 Å². The number of carbonyl (C=O) groups excluding carboxylic acids is 4. The molecule has 19 heteroatoms. The Morgan fingerprint density at radius 2 is 1.97 bits per heavy atom. The van der Waals surface area contributed by atoms with Crippen LogP contribution in [0.1, 0.15) is 18.7 Å². The molecule has 38 heavy (non-hydrogen) atoms. The van der Waals surface area contributed by atoms with Crippen molar-refractivity contribution in [3.63, 3.8) is 0 Å². The Labute approximate surface area is 221 Å². The minimum atomic E-state index is -1.70. The van der Waals surface area contributed by atoms with Crippen molar-refractivity contribution in [2.75, 3.05) is 24.7 Å². The first kappa shape index (κ1) is 28.5. The third-order valence-electron chi connectivity index (χ3n) is 5.00. The summed E-state index contributed by atoms with van der Waals surface area (Å²) in [6.07, 6.45) is -2.88. The Bertz CT molecular complexity index is 1190. The number of aliphatic carboxylic acids is 1. The van der Waals surface area contributed by atoms with Gasteiger partial charge in [0, 0.05) is 23.6 Å². The number of alkyl carbamates (subject to hydrolysis) is 1. The van der Waals surface area contributed by atoms with Crippen molar-refractivity contribution in [3.8, 4) is 0 Å². The zero-order chi connectivity index (χ0) is 28.1. The van der Waals surface area contributed by atoms with E-state index in [1.54, 1.807) is 0 Å². The molecule has 0 unspecified atom stereocenters. The monoisotopic (exact) mass is 574 g/mol. The third-order valence-corrected chi connectivity index (χ3v) is 7.03. The molecule has 3 rings (SSSR count). The molecule has 0 radical (unpaired) electrons. The van der Waals surface area contributed by atoms with Gasteiger partial charge in [0.15, 0.2) is 11.2 Å². The average Bonchev–Trinajstić information content (AvgIpc) is 3.28. The Balaban J connectivity index is 1.73. The molecule has 2 aliphatic heterocycles. The first-order valence-corrected chi connectivity index (χ1v) is 12.5. The lowest BCUT2D eigenvalue weighted by atomic mass is 10.0. The minimum absolute atomic E-state index is 0.0165. The van der Waals surface area contributed by atoms with E-state index in [0.717, 1.165) is 34.9 Å². The van der Waals surface area contributed by atoms with E-state index < -0.39 is 66.1 Å². The average molecular weight is 575 g/mol. The highest BCUT2D eigenvalue weighted by Gasteiger charge is 2.54. The van der Waals surface area contributed by atoms with E-state index in [4.69, 9.17) is 35.9 Å². The third kappa shape index (κ3) is 6.61. The van der Waals surface area contributed by atoms with Crippen LogP contribution in [0, 0.1) is 0 Å². The predicted octanol–water partition coefficient (Wildman–Crippen LogP) is -1.23. The summed E-state index contributed by atoms with van der Waals surface area (Å²) in [6.45, 7) is 0.176. The zero-order valence-corrected chi connectivity index (χ0v) is 21.1. The van der Waals surface area contributed by atoms with Gasteiger partial charge in [0.2, 0.25) is 11.8 Å². The fourth-order valence-corrected chi connectivity index (χ4v) is 5.13. The number of ether oxygens (including phenoxy) is 3. The van der Waals surface area contributed by atoms with E-state index in [-0.39, 0.29) is 34.6 Å². The summed E-state index contributed by atoms with van der Waals surface area (Å²) >= 11 is 2.12. The van der Waals surface area contributed by atoms with Crippen LogP contribution in [0.3, 0.4) is 0 Å². The molecule has 206 valence electrons. The number of fused-ring (bicyclic) bond motifs is 1. The van der Waals surface area contributed by atoms with Gasteiger partial charge in [0.25, 0.3) is 5.91 Å². The number of nitrogens with zero attached hydrogens (tertiary/aromatic N) is 2. The summed E-state index contributed by atoms with van der Waals surface area (Å²) in [7, 11) is 0. The number of nitrogen functional groups attached to an aromatic ring is 1. The lowest BCUT2D eigenvalue weighted by molar-refractivity contribution is -0.149. The maximum Gasteiger partial charge on any atom is 0.512 e. The number of thiazole rings is 1. The van der Waals surface area contributed by atoms with Crippen molar-refractivity contribution >= 4 is 64.2 Å². The summed E-state index contributed by atoms with van der Waals surface area (Å²) in [5, 5.41) is 23.3. The number of hydrogen-bond acceptors (Lipinski definition) is 14. The van der Waals surface area contributed by atoms with E-state index in [2.05, 4.69) is 15.6 Å². The van der Waals surface area contributed by atoms with Gasteiger partial charge in [-0.05, 0) is 0 Å². The van der Waals surface area contributed by atoms with Crippen LogP contribution in [0.2, 0.25) is 0 Å². The van der Waals surface area contributed by atoms with E-state index in [1.165, 1.54) is 5.38 Å². The maximum absolute atomic E-state index is 13.1. The van der Waals surface area contributed by atoms with E-state index in [9.17, 15) is 28.8 Å². The minimum Gasteiger partial charge on any atom is -0.480 e. The van der Waals surface area contributed by atoms with E-state index >= 15 is 0 Å². The molecule has 1 aromatic heterocycles. The quantitative estimate of drug-likeness (QED) is 0.109. The number of rotatable bonds is 10. The normalized spacial score (nSPS) is 19.8. The molecule has 3 amide bonds. The number of carbonyl (C=O) groups is 6. The van der Waals surface area contributed by atoms with Gasteiger partial charge in [-0.25, -0.2) is 14.6 Å². The van der Waals surface area contributed by atoms with Crippen LogP contribution < -0.4 is 22.1 Å². The highest BCUT2D eigenvalue weighted by atomic mass is 32.2. The molecular formula is C19H22N6O11S2. The van der Waals surface area contributed by atoms with Crippen molar-refractivity contribution in [2.24, 2.45) is 5.73 Å². The van der Waals surface area contributed by atoms with Crippen LogP contribution in [0.5, 0.6) is 0 Å². The number of anilines is 1. The highest BCUT2D eigenvalue weighted by Crippen LogP contribution is 2.41. The second-order valence-corrected chi connectivity index (χ2v) is 9.68. The van der Waals surface area contributed by atoms with Gasteiger partial charge in [0.05, 0.1) is 5.69 Å². The molecule has 8 N–H and O–H groups in total. The predicted molar refractivity (Wildman–Crippen MR) is 127 cm³/mol. The van der Waals surface area contributed by atoms with Crippen LogP contribution in [0.4, 0.5) is 14.7 Å². The largest absolute Gasteiger partial charge is 0.512 e. The summed E-state index contributed by atoms with van der Waals surface area (Å²) in [4.78, 5) is 76.3. The molecule has 0 aromatic carbocycles. The van der Waals surface area contributed by atoms with E-state index in [0.29, 0.717) is 0 Å². The van der Waals surface area contributed by atoms with Gasteiger partial charge in [-0.1, -0.05) is 0 Å². The molecule has 17 nitrogen and oxygen atoms in total. The Morgan fingerprint density at radius 1 is 1.26 bits per heavy atom. The first-order valence-electron chi connectivity index (χ1n) is 10.5. The van der Waals surface area contributed by atoms with Gasteiger partial charge in [-0.3, -0.25) is 24.1 Å². The van der Waals surface area contributed by atoms with Crippen LogP contribution >= 0.6 is 23.1 Å². The number of nitrogens with one attached hydrogen (secondary N) is 2. The second-order valence-electron chi connectivity index (χ2n) is 7.68. The molecule has 1 saturated heterocycles. The SMILES string of the molecule is CC(=O)OCC1=C(OC(=O)O)N2C(=O)[C@@H](NC(=O)[C@H](NC(=O)OC[C@@H](N)C(=O)O)c3csc(N)n3)[C@@H]2SC1. The molecule has 0 spiro atoms. The summed E-state index contributed by atoms with van der Waals surface area (Å²) < 4.78 is 14.4. The van der Waals surface area contributed by atoms with Gasteiger partial charge < -0.3 is 46.5 Å². The molecule has 1 fully saturated rings. The first-order chi connectivity index (χ1) is 17.9. The summed E-state index contributed by atoms with van der Waals surface area (Å²) in [5.41, 5.74) is 11.2. The molecule has 1 aromatic rings. The number of β-lactam (4-membered cyclic amide) rings is 1. The molecular weight excluding hydrogens is 552 g/mol. The van der Waals surface area contributed by atoms with Gasteiger partial charge in [-0.2, -0.15) is 0 Å². The lowest BCUT2D eigenvalue weighted by Gasteiger charge is -2.49. The topological polar surface area (TPSA) is 263 Å². The van der Waals surface area contributed by atoms with Crippen molar-refractivity contribution in [3.05, 3.63) is 22.5 Å². The maximum atomic E-state index is 13.1. The van der Waals surface area contributed by atoms with Crippen molar-refractivity contribution in [1.29, 1.82) is 0 Å². The number of carboxylic acid groups (broad SMARTS) is 2. The Morgan fingerprint density at radius 3 is 2.55 bits per heavy atom. The molecule has 0 saturated carbocycles. The molecule has 4 atom stereocenters. The number of carboxylic acids is 1. The van der Waals surface area contributed by atoms with E-state index in [1.807, 2.05) is 0 Å². The zero-order valence-electron chi connectivity index (χ0n) is 19.4.